The van der Waals surface area contributed by atoms with Gasteiger partial charge < -0.3 is 6.16 Å². The van der Waals surface area contributed by atoms with Crippen molar-refractivity contribution in [3.8, 4) is 22.5 Å². The summed E-state index contributed by atoms with van der Waals surface area (Å²) in [6.07, 6.45) is 3.25. The number of aryl methyl sites for hydroxylation is 1. The average molecular weight is 541 g/mol. The van der Waals surface area contributed by atoms with Gasteiger partial charge in [0.25, 0.3) is 5.56 Å². The predicted molar refractivity (Wildman–Crippen MR) is 149 cm³/mol. The second-order valence-corrected chi connectivity index (χ2v) is 10.8. The number of nitrogens with zero attached hydrogens (tertiary/aromatic N) is 3. The fourth-order valence-electron chi connectivity index (χ4n) is 4.59. The largest absolute Gasteiger partial charge is 1.00 e. The second-order valence-electron chi connectivity index (χ2n) is 10.8. The van der Waals surface area contributed by atoms with Crippen LogP contribution < -0.4 is 40.9 Å². The van der Waals surface area contributed by atoms with Crippen LogP contribution in [0.1, 0.15) is 64.6 Å². The zero-order chi connectivity index (χ0) is 27.3. The van der Waals surface area contributed by atoms with Crippen LogP contribution >= 0.6 is 0 Å². The molecule has 0 aliphatic heterocycles. The molecule has 39 heavy (non-hydrogen) atoms. The fourth-order valence-corrected chi connectivity index (χ4v) is 4.59. The van der Waals surface area contributed by atoms with Crippen LogP contribution in [0.3, 0.4) is 0 Å². The van der Waals surface area contributed by atoms with E-state index in [0.717, 1.165) is 52.8 Å². The molecule has 1 N–H and O–H groups in total. The van der Waals surface area contributed by atoms with Gasteiger partial charge in [-0.3, -0.25) is 18.9 Å². The molecule has 0 saturated heterocycles. The smallest absolute Gasteiger partial charge is 1.00 e. The number of hydrogen-bond donors (Lipinski definition) is 1. The van der Waals surface area contributed by atoms with E-state index in [9.17, 15) is 9.59 Å². The maximum absolute atomic E-state index is 13.8. The Kier molecular flexibility index (Phi) is 10.7. The maximum atomic E-state index is 13.8. The van der Waals surface area contributed by atoms with E-state index in [1.54, 1.807) is 11.7 Å². The van der Waals surface area contributed by atoms with Gasteiger partial charge in [-0.05, 0) is 34.9 Å². The van der Waals surface area contributed by atoms with Crippen molar-refractivity contribution in [2.75, 3.05) is 7.11 Å². The Hall–Kier alpha value is -2.78. The maximum Gasteiger partial charge on any atom is 1.00 e. The van der Waals surface area contributed by atoms with Gasteiger partial charge in [0.05, 0.1) is 5.69 Å². The summed E-state index contributed by atoms with van der Waals surface area (Å²) >= 11 is 0. The Morgan fingerprint density at radius 1 is 1.05 bits per heavy atom. The minimum Gasteiger partial charge on any atom is -1.00 e. The van der Waals surface area contributed by atoms with Crippen molar-refractivity contribution < 1.29 is 40.2 Å². The molecule has 0 spiro atoms. The minimum absolute atomic E-state index is 0. The number of unbranched alkanes of at least 4 members (excludes halogenated alkanes) is 1. The third-order valence-corrected chi connectivity index (χ3v) is 6.37. The third kappa shape index (κ3) is 7.66. The van der Waals surface area contributed by atoms with Crippen molar-refractivity contribution in [1.82, 2.24) is 19.7 Å². The normalized spacial score (nSPS) is 11.4. The van der Waals surface area contributed by atoms with Crippen LogP contribution in [-0.4, -0.2) is 26.8 Å². The van der Waals surface area contributed by atoms with E-state index in [2.05, 4.69) is 37.8 Å². The van der Waals surface area contributed by atoms with Crippen molar-refractivity contribution in [3.63, 3.8) is 0 Å². The molecule has 0 aliphatic rings. The molecule has 2 heterocycles. The van der Waals surface area contributed by atoms with Crippen LogP contribution in [0.25, 0.3) is 22.5 Å². The van der Waals surface area contributed by atoms with E-state index in [1.165, 1.54) is 0 Å². The van der Waals surface area contributed by atoms with E-state index < -0.39 is 5.76 Å². The molecule has 0 radical (unpaired) electrons. The van der Waals surface area contributed by atoms with Crippen LogP contribution in [0.4, 0.5) is 0 Å². The van der Waals surface area contributed by atoms with Crippen molar-refractivity contribution >= 4 is 0 Å². The molecular formula is C30H37N4NaO4. The molecule has 0 amide bonds. The fraction of sp³-hybridized carbons (Fsp3) is 0.400. The Morgan fingerprint density at radius 2 is 1.74 bits per heavy atom. The van der Waals surface area contributed by atoms with Crippen LogP contribution in [0.2, 0.25) is 0 Å². The number of nitrogens with one attached hydrogen (secondary N) is 1. The Bertz CT molecular complexity index is 1500. The standard InChI is InChI=1S/C30H36N4O4.Na.H/c1-6-7-12-25-24(28(35)34(19-30(2,3)4)26(31-25)18-37-5)17-20-13-15-21(16-14-20)22-10-8-9-11-23(22)27-32-29(36)38-33-27;;/h8-11,13-16H,6-7,12,17-19H2,1-5H3,(H,32,33,36);;/q;+1;-1. The van der Waals surface area contributed by atoms with E-state index in [0.29, 0.717) is 31.2 Å². The number of ether oxygens (including phenoxy) is 1. The first kappa shape index (κ1) is 30.8. The SMILES string of the molecule is CCCCc1nc(COC)n(CC(C)(C)C)c(=O)c1Cc1ccc(-c2ccccc2-c2noc(=O)[nH]2)cc1.[H-].[Na+]. The Labute approximate surface area is 252 Å². The molecular weight excluding hydrogens is 503 g/mol. The topological polar surface area (TPSA) is 103 Å². The first-order chi connectivity index (χ1) is 18.2. The number of aromatic nitrogens is 4. The Balaban J connectivity index is 0.00000280. The molecule has 0 atom stereocenters. The van der Waals surface area contributed by atoms with E-state index >= 15 is 0 Å². The monoisotopic (exact) mass is 540 g/mol. The molecule has 8 nitrogen and oxygen atoms in total. The summed E-state index contributed by atoms with van der Waals surface area (Å²) in [5.41, 5.74) is 5.23. The molecule has 2 aromatic carbocycles. The van der Waals surface area contributed by atoms with Crippen LogP contribution in [-0.2, 0) is 30.7 Å². The molecule has 0 fully saturated rings. The number of methoxy groups -OCH3 is 1. The molecule has 2 aromatic heterocycles. The average Bonchev–Trinajstić information content (AvgIpc) is 3.33. The molecule has 0 bridgehead atoms. The summed E-state index contributed by atoms with van der Waals surface area (Å²) in [5, 5.41) is 3.85. The van der Waals surface area contributed by atoms with Gasteiger partial charge in [0.1, 0.15) is 12.4 Å². The van der Waals surface area contributed by atoms with Crippen LogP contribution in [0.5, 0.6) is 0 Å². The van der Waals surface area contributed by atoms with E-state index in [1.807, 2.05) is 48.5 Å². The summed E-state index contributed by atoms with van der Waals surface area (Å²) in [6.45, 7) is 9.36. The quantitative estimate of drug-likeness (QED) is 0.310. The summed E-state index contributed by atoms with van der Waals surface area (Å²) in [6, 6.07) is 15.8. The molecule has 4 rings (SSSR count). The van der Waals surface area contributed by atoms with Gasteiger partial charge in [-0.2, -0.15) is 0 Å². The van der Waals surface area contributed by atoms with Crippen LogP contribution in [0.15, 0.2) is 62.6 Å². The van der Waals surface area contributed by atoms with Crippen molar-refractivity contribution in [3.05, 3.63) is 92.1 Å². The van der Waals surface area contributed by atoms with Gasteiger partial charge in [-0.15, -0.1) is 0 Å². The second kappa shape index (κ2) is 13.5. The minimum atomic E-state index is -0.591. The number of aromatic amines is 1. The zero-order valence-electron chi connectivity index (χ0n) is 24.8. The zero-order valence-corrected chi connectivity index (χ0v) is 25.8. The van der Waals surface area contributed by atoms with E-state index in [4.69, 9.17) is 14.2 Å². The summed E-state index contributed by atoms with van der Waals surface area (Å²) in [4.78, 5) is 32.9. The first-order valence-corrected chi connectivity index (χ1v) is 13.0. The predicted octanol–water partition coefficient (Wildman–Crippen LogP) is 2.50. The van der Waals surface area contributed by atoms with Gasteiger partial charge in [0.2, 0.25) is 0 Å². The van der Waals surface area contributed by atoms with Gasteiger partial charge in [0, 0.05) is 31.2 Å². The molecule has 202 valence electrons. The van der Waals surface area contributed by atoms with Crippen LogP contribution in [0, 0.1) is 5.41 Å². The summed E-state index contributed by atoms with van der Waals surface area (Å²) in [5.74, 6) is 0.475. The molecule has 4 aromatic rings. The Morgan fingerprint density at radius 3 is 2.33 bits per heavy atom. The number of rotatable bonds is 10. The van der Waals surface area contributed by atoms with Gasteiger partial charge in [-0.25, -0.2) is 9.78 Å². The van der Waals surface area contributed by atoms with Crippen molar-refractivity contribution in [2.45, 2.75) is 66.5 Å². The molecule has 0 aliphatic carbocycles. The molecule has 9 heteroatoms. The van der Waals surface area contributed by atoms with Gasteiger partial charge in [0.15, 0.2) is 5.82 Å². The van der Waals surface area contributed by atoms with Crippen molar-refractivity contribution in [2.24, 2.45) is 5.41 Å². The van der Waals surface area contributed by atoms with Gasteiger partial charge in [-0.1, -0.05) is 87.8 Å². The summed E-state index contributed by atoms with van der Waals surface area (Å²) in [7, 11) is 1.63. The molecule has 0 unspecified atom stereocenters. The first-order valence-electron chi connectivity index (χ1n) is 13.0. The number of H-pyrrole nitrogens is 1. The van der Waals surface area contributed by atoms with E-state index in [-0.39, 0.29) is 42.0 Å². The number of benzene rings is 2. The summed E-state index contributed by atoms with van der Waals surface area (Å²) < 4.78 is 11.9. The van der Waals surface area contributed by atoms with Crippen molar-refractivity contribution in [1.29, 1.82) is 0 Å². The number of hydrogen-bond acceptors (Lipinski definition) is 6. The third-order valence-electron chi connectivity index (χ3n) is 6.37. The van der Waals surface area contributed by atoms with Gasteiger partial charge >= 0.3 is 35.3 Å². The molecule has 0 saturated carbocycles.